The third-order valence-corrected chi connectivity index (χ3v) is 4.34. The Balaban J connectivity index is 2.97. The SMILES string of the molecule is CC(CN(C)S(=O)(=O)c1cncc(Cl)c1)C(=O)O. The zero-order chi connectivity index (χ0) is 13.9. The van der Waals surface area contributed by atoms with E-state index in [1.165, 1.54) is 32.4 Å². The van der Waals surface area contributed by atoms with Gasteiger partial charge in [0, 0.05) is 26.0 Å². The van der Waals surface area contributed by atoms with E-state index in [0.717, 1.165) is 4.31 Å². The van der Waals surface area contributed by atoms with Crippen molar-refractivity contribution in [1.29, 1.82) is 0 Å². The molecule has 1 N–H and O–H groups in total. The van der Waals surface area contributed by atoms with E-state index in [1.54, 1.807) is 0 Å². The number of carboxylic acid groups (broad SMARTS) is 1. The number of aliphatic carboxylic acids is 1. The lowest BCUT2D eigenvalue weighted by Crippen LogP contribution is -2.33. The Morgan fingerprint density at radius 3 is 2.67 bits per heavy atom. The van der Waals surface area contributed by atoms with E-state index in [1.807, 2.05) is 0 Å². The molecule has 0 aromatic carbocycles. The molecule has 6 nitrogen and oxygen atoms in total. The van der Waals surface area contributed by atoms with Crippen LogP contribution in [0, 0.1) is 5.92 Å². The van der Waals surface area contributed by atoms with E-state index in [2.05, 4.69) is 4.98 Å². The van der Waals surface area contributed by atoms with Gasteiger partial charge in [-0.2, -0.15) is 0 Å². The number of nitrogens with zero attached hydrogens (tertiary/aromatic N) is 2. The van der Waals surface area contributed by atoms with Gasteiger partial charge in [-0.25, -0.2) is 12.7 Å². The molecule has 1 aromatic rings. The van der Waals surface area contributed by atoms with Crippen LogP contribution in [0.1, 0.15) is 6.92 Å². The second kappa shape index (κ2) is 5.64. The van der Waals surface area contributed by atoms with Crippen molar-refractivity contribution in [2.75, 3.05) is 13.6 Å². The first-order valence-corrected chi connectivity index (χ1v) is 6.86. The quantitative estimate of drug-likeness (QED) is 0.877. The Kier molecular flexibility index (Phi) is 4.66. The summed E-state index contributed by atoms with van der Waals surface area (Å²) in [5.74, 6) is -1.85. The highest BCUT2D eigenvalue weighted by molar-refractivity contribution is 7.89. The third-order valence-electron chi connectivity index (χ3n) is 2.34. The van der Waals surface area contributed by atoms with E-state index in [9.17, 15) is 13.2 Å². The van der Waals surface area contributed by atoms with Crippen LogP contribution in [0.2, 0.25) is 5.02 Å². The fourth-order valence-corrected chi connectivity index (χ4v) is 2.76. The van der Waals surface area contributed by atoms with Crippen molar-refractivity contribution >= 4 is 27.6 Å². The van der Waals surface area contributed by atoms with Crippen LogP contribution < -0.4 is 0 Å². The van der Waals surface area contributed by atoms with Crippen molar-refractivity contribution in [3.63, 3.8) is 0 Å². The highest BCUT2D eigenvalue weighted by Gasteiger charge is 2.25. The monoisotopic (exact) mass is 292 g/mol. The minimum Gasteiger partial charge on any atom is -0.481 e. The molecule has 0 spiro atoms. The summed E-state index contributed by atoms with van der Waals surface area (Å²) in [5, 5.41) is 8.96. The molecule has 0 saturated heterocycles. The summed E-state index contributed by atoms with van der Waals surface area (Å²) in [6.07, 6.45) is 2.49. The maximum Gasteiger partial charge on any atom is 0.307 e. The van der Waals surface area contributed by atoms with Gasteiger partial charge >= 0.3 is 5.97 Å². The molecular weight excluding hydrogens is 280 g/mol. The Morgan fingerprint density at radius 1 is 1.56 bits per heavy atom. The summed E-state index contributed by atoms with van der Waals surface area (Å²) in [4.78, 5) is 14.3. The first kappa shape index (κ1) is 14.9. The van der Waals surface area contributed by atoms with Crippen molar-refractivity contribution < 1.29 is 18.3 Å². The molecule has 0 bridgehead atoms. The van der Waals surface area contributed by atoms with Crippen LogP contribution in [0.4, 0.5) is 0 Å². The molecule has 1 atom stereocenters. The van der Waals surface area contributed by atoms with E-state index < -0.39 is 21.9 Å². The zero-order valence-electron chi connectivity index (χ0n) is 9.87. The minimum atomic E-state index is -3.77. The molecule has 0 aliphatic rings. The Labute approximate surface area is 110 Å². The van der Waals surface area contributed by atoms with E-state index in [4.69, 9.17) is 16.7 Å². The summed E-state index contributed by atoms with van der Waals surface area (Å²) in [6.45, 7) is 1.31. The van der Waals surface area contributed by atoms with Gasteiger partial charge in [0.05, 0.1) is 10.9 Å². The van der Waals surface area contributed by atoms with Gasteiger partial charge in [-0.3, -0.25) is 9.78 Å². The Morgan fingerprint density at radius 2 is 2.17 bits per heavy atom. The molecule has 1 rings (SSSR count). The summed E-state index contributed by atoms with van der Waals surface area (Å²) in [5.41, 5.74) is 0. The second-order valence-corrected chi connectivity index (χ2v) is 6.35. The van der Waals surface area contributed by atoms with Crippen LogP contribution in [-0.4, -0.2) is 42.4 Å². The first-order valence-electron chi connectivity index (χ1n) is 5.05. The molecule has 1 heterocycles. The fraction of sp³-hybridized carbons (Fsp3) is 0.400. The molecule has 1 aromatic heterocycles. The van der Waals surface area contributed by atoms with E-state index in [0.29, 0.717) is 0 Å². The molecule has 18 heavy (non-hydrogen) atoms. The van der Waals surface area contributed by atoms with Crippen LogP contribution >= 0.6 is 11.6 Å². The normalized spacial score (nSPS) is 13.6. The Bertz CT molecular complexity index is 547. The number of rotatable bonds is 5. The highest BCUT2D eigenvalue weighted by Crippen LogP contribution is 2.18. The van der Waals surface area contributed by atoms with Gasteiger partial charge in [-0.15, -0.1) is 0 Å². The predicted octanol–water partition coefficient (Wildman–Crippen LogP) is 1.08. The molecule has 0 fully saturated rings. The average Bonchev–Trinajstić information content (AvgIpc) is 2.28. The van der Waals surface area contributed by atoms with Crippen molar-refractivity contribution in [2.24, 2.45) is 5.92 Å². The first-order chi connectivity index (χ1) is 8.25. The van der Waals surface area contributed by atoms with Gasteiger partial charge < -0.3 is 5.11 Å². The number of sulfonamides is 1. The summed E-state index contributed by atoms with van der Waals surface area (Å²) < 4.78 is 25.1. The fourth-order valence-electron chi connectivity index (χ4n) is 1.28. The van der Waals surface area contributed by atoms with Crippen LogP contribution in [0.25, 0.3) is 0 Å². The second-order valence-electron chi connectivity index (χ2n) is 3.86. The van der Waals surface area contributed by atoms with Crippen LogP contribution in [0.3, 0.4) is 0 Å². The van der Waals surface area contributed by atoms with Crippen molar-refractivity contribution in [3.05, 3.63) is 23.5 Å². The predicted molar refractivity (Wildman–Crippen MR) is 65.9 cm³/mol. The van der Waals surface area contributed by atoms with E-state index >= 15 is 0 Å². The number of aromatic nitrogens is 1. The van der Waals surface area contributed by atoms with Crippen LogP contribution in [0.5, 0.6) is 0 Å². The molecule has 0 amide bonds. The number of hydrogen-bond donors (Lipinski definition) is 1. The molecule has 8 heteroatoms. The molecule has 0 aliphatic carbocycles. The average molecular weight is 293 g/mol. The van der Waals surface area contributed by atoms with Gasteiger partial charge in [0.15, 0.2) is 0 Å². The number of halogens is 1. The molecule has 100 valence electrons. The highest BCUT2D eigenvalue weighted by atomic mass is 35.5. The number of carbonyl (C=O) groups is 1. The van der Waals surface area contributed by atoms with Gasteiger partial charge in [-0.1, -0.05) is 18.5 Å². The lowest BCUT2D eigenvalue weighted by Gasteiger charge is -2.19. The smallest absolute Gasteiger partial charge is 0.307 e. The van der Waals surface area contributed by atoms with Gasteiger partial charge in [-0.05, 0) is 6.07 Å². The third kappa shape index (κ3) is 3.41. The largest absolute Gasteiger partial charge is 0.481 e. The lowest BCUT2D eigenvalue weighted by atomic mass is 10.2. The number of carboxylic acids is 1. The maximum atomic E-state index is 12.1. The number of pyridine rings is 1. The molecule has 0 saturated carbocycles. The van der Waals surface area contributed by atoms with Gasteiger partial charge in [0.2, 0.25) is 10.0 Å². The molecule has 0 aliphatic heterocycles. The summed E-state index contributed by atoms with van der Waals surface area (Å²) >= 11 is 5.67. The zero-order valence-corrected chi connectivity index (χ0v) is 11.4. The van der Waals surface area contributed by atoms with Crippen LogP contribution in [-0.2, 0) is 14.8 Å². The van der Waals surface area contributed by atoms with Gasteiger partial charge in [0.25, 0.3) is 0 Å². The van der Waals surface area contributed by atoms with Crippen molar-refractivity contribution in [1.82, 2.24) is 9.29 Å². The Hall–Kier alpha value is -1.18. The van der Waals surface area contributed by atoms with E-state index in [-0.39, 0.29) is 16.5 Å². The molecule has 1 unspecified atom stereocenters. The van der Waals surface area contributed by atoms with Crippen molar-refractivity contribution in [3.8, 4) is 0 Å². The lowest BCUT2D eigenvalue weighted by molar-refractivity contribution is -0.141. The van der Waals surface area contributed by atoms with Crippen molar-refractivity contribution in [2.45, 2.75) is 11.8 Å². The van der Waals surface area contributed by atoms with Gasteiger partial charge in [0.1, 0.15) is 4.90 Å². The summed E-state index contributed by atoms with van der Waals surface area (Å²) in [6, 6.07) is 1.27. The summed E-state index contributed by atoms with van der Waals surface area (Å²) in [7, 11) is -2.45. The standard InChI is InChI=1S/C10H13ClN2O4S/c1-7(10(14)15)6-13(2)18(16,17)9-3-8(11)4-12-5-9/h3-5,7H,6H2,1-2H3,(H,14,15). The minimum absolute atomic E-state index is 0.0601. The molecular formula is C10H13ClN2O4S. The number of hydrogen-bond acceptors (Lipinski definition) is 4. The maximum absolute atomic E-state index is 12.1. The van der Waals surface area contributed by atoms with Crippen LogP contribution in [0.15, 0.2) is 23.4 Å². The topological polar surface area (TPSA) is 87.6 Å². The molecule has 0 radical (unpaired) electrons.